The fraction of sp³-hybridized carbons (Fsp3) is 0.154. The van der Waals surface area contributed by atoms with Crippen molar-refractivity contribution in [1.82, 2.24) is 0 Å². The Kier molecular flexibility index (Phi) is 6.01. The third kappa shape index (κ3) is 4.39. The highest BCUT2D eigenvalue weighted by molar-refractivity contribution is 6.46. The average Bonchev–Trinajstić information content (AvgIpc) is 3.00. The van der Waals surface area contributed by atoms with E-state index in [0.29, 0.717) is 27.5 Å². The SMILES string of the molecule is Cc1ccc(N2C(=O)C(Nc3ccc(OC(C)C)cc3)=C(c3ccc(Cl)cc3)C2=O)cc1. The van der Waals surface area contributed by atoms with Crippen molar-refractivity contribution in [3.8, 4) is 5.75 Å². The maximum absolute atomic E-state index is 13.4. The first kappa shape index (κ1) is 21.7. The predicted octanol–water partition coefficient (Wildman–Crippen LogP) is 5.83. The zero-order valence-electron chi connectivity index (χ0n) is 18.1. The van der Waals surface area contributed by atoms with Crippen LogP contribution in [-0.4, -0.2) is 17.9 Å². The van der Waals surface area contributed by atoms with Crippen LogP contribution in [0.3, 0.4) is 0 Å². The maximum atomic E-state index is 13.4. The van der Waals surface area contributed by atoms with Gasteiger partial charge in [-0.2, -0.15) is 0 Å². The van der Waals surface area contributed by atoms with Crippen LogP contribution < -0.4 is 15.0 Å². The van der Waals surface area contributed by atoms with Crippen LogP contribution in [0.1, 0.15) is 25.0 Å². The Morgan fingerprint density at radius 2 is 1.47 bits per heavy atom. The highest BCUT2D eigenvalue weighted by Gasteiger charge is 2.40. The fourth-order valence-electron chi connectivity index (χ4n) is 3.49. The number of nitrogens with one attached hydrogen (secondary N) is 1. The van der Waals surface area contributed by atoms with Crippen molar-refractivity contribution in [2.75, 3.05) is 10.2 Å². The Morgan fingerprint density at radius 3 is 2.06 bits per heavy atom. The lowest BCUT2D eigenvalue weighted by Gasteiger charge is -2.16. The van der Waals surface area contributed by atoms with Crippen molar-refractivity contribution in [3.05, 3.63) is 94.6 Å². The van der Waals surface area contributed by atoms with Gasteiger partial charge in [0.15, 0.2) is 0 Å². The van der Waals surface area contributed by atoms with E-state index in [9.17, 15) is 9.59 Å². The highest BCUT2D eigenvalue weighted by atomic mass is 35.5. The number of nitrogens with zero attached hydrogens (tertiary/aromatic N) is 1. The van der Waals surface area contributed by atoms with Gasteiger partial charge in [-0.05, 0) is 74.9 Å². The predicted molar refractivity (Wildman–Crippen MR) is 128 cm³/mol. The van der Waals surface area contributed by atoms with Crippen LogP contribution in [0.25, 0.3) is 5.57 Å². The molecule has 1 aliphatic rings. The van der Waals surface area contributed by atoms with Gasteiger partial charge >= 0.3 is 0 Å². The summed E-state index contributed by atoms with van der Waals surface area (Å²) in [6, 6.07) is 21.4. The molecule has 0 radical (unpaired) electrons. The van der Waals surface area contributed by atoms with Crippen molar-refractivity contribution in [3.63, 3.8) is 0 Å². The summed E-state index contributed by atoms with van der Waals surface area (Å²) in [6.45, 7) is 5.87. The standard InChI is InChI=1S/C26H23ClN2O3/c1-16(2)32-22-14-10-20(11-15-22)28-24-23(18-6-8-19(27)9-7-18)25(30)29(26(24)31)21-12-4-17(3)5-13-21/h4-16,28H,1-3H3. The van der Waals surface area contributed by atoms with E-state index in [4.69, 9.17) is 16.3 Å². The lowest BCUT2D eigenvalue weighted by atomic mass is 10.0. The quantitative estimate of drug-likeness (QED) is 0.484. The Balaban J connectivity index is 1.73. The van der Waals surface area contributed by atoms with Crippen LogP contribution in [-0.2, 0) is 9.59 Å². The third-order valence-corrected chi connectivity index (χ3v) is 5.26. The average molecular weight is 447 g/mol. The minimum atomic E-state index is -0.411. The molecule has 162 valence electrons. The van der Waals surface area contributed by atoms with Gasteiger partial charge in [0.25, 0.3) is 11.8 Å². The summed E-state index contributed by atoms with van der Waals surface area (Å²) in [5.74, 6) is -0.0673. The van der Waals surface area contributed by atoms with Crippen molar-refractivity contribution in [2.24, 2.45) is 0 Å². The first-order valence-corrected chi connectivity index (χ1v) is 10.7. The zero-order chi connectivity index (χ0) is 22.8. The van der Waals surface area contributed by atoms with Gasteiger partial charge in [-0.1, -0.05) is 41.4 Å². The number of carbonyl (C=O) groups is 2. The van der Waals surface area contributed by atoms with E-state index < -0.39 is 5.91 Å². The van der Waals surface area contributed by atoms with Gasteiger partial charge < -0.3 is 10.1 Å². The van der Waals surface area contributed by atoms with E-state index in [-0.39, 0.29) is 17.7 Å². The van der Waals surface area contributed by atoms with Gasteiger partial charge in [0.1, 0.15) is 11.4 Å². The van der Waals surface area contributed by atoms with E-state index in [1.807, 2.05) is 57.2 Å². The van der Waals surface area contributed by atoms with Crippen LogP contribution in [0.4, 0.5) is 11.4 Å². The van der Waals surface area contributed by atoms with Gasteiger partial charge in [-0.15, -0.1) is 0 Å². The molecule has 0 aliphatic carbocycles. The molecular formula is C26H23ClN2O3. The molecule has 0 fully saturated rings. The second-order valence-corrected chi connectivity index (χ2v) is 8.29. The molecule has 0 bridgehead atoms. The number of imide groups is 1. The highest BCUT2D eigenvalue weighted by Crippen LogP contribution is 2.34. The third-order valence-electron chi connectivity index (χ3n) is 5.00. The molecule has 5 nitrogen and oxygen atoms in total. The summed E-state index contributed by atoms with van der Waals surface area (Å²) >= 11 is 6.03. The first-order chi connectivity index (χ1) is 15.3. The van der Waals surface area contributed by atoms with Gasteiger partial charge in [0.05, 0.1) is 17.4 Å². The summed E-state index contributed by atoms with van der Waals surface area (Å²) in [5, 5.41) is 3.71. The maximum Gasteiger partial charge on any atom is 0.282 e. The molecule has 0 saturated carbocycles. The number of rotatable bonds is 6. The lowest BCUT2D eigenvalue weighted by Crippen LogP contribution is -2.32. The smallest absolute Gasteiger partial charge is 0.282 e. The van der Waals surface area contributed by atoms with Crippen molar-refractivity contribution in [2.45, 2.75) is 26.9 Å². The van der Waals surface area contributed by atoms with Gasteiger partial charge in [-0.3, -0.25) is 9.59 Å². The minimum Gasteiger partial charge on any atom is -0.491 e. The van der Waals surface area contributed by atoms with Crippen LogP contribution in [0.15, 0.2) is 78.5 Å². The molecule has 6 heteroatoms. The first-order valence-electron chi connectivity index (χ1n) is 10.3. The number of halogens is 1. The van der Waals surface area contributed by atoms with Gasteiger partial charge in [0, 0.05) is 10.7 Å². The molecule has 1 N–H and O–H groups in total. The van der Waals surface area contributed by atoms with E-state index in [1.54, 1.807) is 36.4 Å². The van der Waals surface area contributed by atoms with E-state index in [2.05, 4.69) is 5.32 Å². The largest absolute Gasteiger partial charge is 0.491 e. The summed E-state index contributed by atoms with van der Waals surface area (Å²) in [4.78, 5) is 28.0. The number of aryl methyl sites for hydroxylation is 1. The van der Waals surface area contributed by atoms with Crippen molar-refractivity contribution in [1.29, 1.82) is 0 Å². The normalized spacial score (nSPS) is 13.8. The van der Waals surface area contributed by atoms with E-state index in [1.165, 1.54) is 4.90 Å². The molecule has 2 amide bonds. The molecule has 0 unspecified atom stereocenters. The molecular weight excluding hydrogens is 424 g/mol. The molecule has 32 heavy (non-hydrogen) atoms. The summed E-state index contributed by atoms with van der Waals surface area (Å²) in [6.07, 6.45) is 0.0603. The van der Waals surface area contributed by atoms with Crippen LogP contribution in [0, 0.1) is 6.92 Å². The molecule has 4 rings (SSSR count). The fourth-order valence-corrected chi connectivity index (χ4v) is 3.62. The number of amides is 2. The monoisotopic (exact) mass is 446 g/mol. The number of carbonyl (C=O) groups excluding carboxylic acids is 2. The summed E-state index contributed by atoms with van der Waals surface area (Å²) < 4.78 is 5.68. The molecule has 0 aromatic heterocycles. The molecule has 0 atom stereocenters. The number of hydrogen-bond acceptors (Lipinski definition) is 4. The molecule has 1 aliphatic heterocycles. The van der Waals surface area contributed by atoms with Gasteiger partial charge in [0.2, 0.25) is 0 Å². The number of hydrogen-bond donors (Lipinski definition) is 1. The van der Waals surface area contributed by atoms with Crippen LogP contribution in [0.2, 0.25) is 5.02 Å². The second kappa shape index (κ2) is 8.89. The molecule has 3 aromatic carbocycles. The topological polar surface area (TPSA) is 58.6 Å². The van der Waals surface area contributed by atoms with Crippen LogP contribution in [0.5, 0.6) is 5.75 Å². The van der Waals surface area contributed by atoms with Crippen LogP contribution >= 0.6 is 11.6 Å². The summed E-state index contributed by atoms with van der Waals surface area (Å²) in [5.41, 5.74) is 3.37. The Labute approximate surface area is 192 Å². The Morgan fingerprint density at radius 1 is 0.844 bits per heavy atom. The number of anilines is 2. The zero-order valence-corrected chi connectivity index (χ0v) is 18.8. The molecule has 0 saturated heterocycles. The van der Waals surface area contributed by atoms with Crippen molar-refractivity contribution < 1.29 is 14.3 Å². The Hall–Kier alpha value is -3.57. The summed E-state index contributed by atoms with van der Waals surface area (Å²) in [7, 11) is 0. The number of ether oxygens (including phenoxy) is 1. The lowest BCUT2D eigenvalue weighted by molar-refractivity contribution is -0.120. The number of benzene rings is 3. The van der Waals surface area contributed by atoms with Gasteiger partial charge in [-0.25, -0.2) is 4.90 Å². The molecule has 1 heterocycles. The van der Waals surface area contributed by atoms with E-state index in [0.717, 1.165) is 11.3 Å². The Bertz CT molecular complexity index is 1180. The van der Waals surface area contributed by atoms with E-state index >= 15 is 0 Å². The molecule has 0 spiro atoms. The second-order valence-electron chi connectivity index (χ2n) is 7.85. The molecule has 3 aromatic rings. The minimum absolute atomic E-state index is 0.0603. The van der Waals surface area contributed by atoms with Crippen molar-refractivity contribution >= 4 is 40.4 Å².